The van der Waals surface area contributed by atoms with Gasteiger partial charge in [-0.2, -0.15) is 14.5 Å². The number of methoxy groups -OCH3 is 1. The highest BCUT2D eigenvalue weighted by molar-refractivity contribution is 9.08. The van der Waals surface area contributed by atoms with Crippen LogP contribution in [-0.2, 0) is 72.4 Å². The number of esters is 1. The summed E-state index contributed by atoms with van der Waals surface area (Å²) in [6.45, 7) is 3.01. The lowest BCUT2D eigenvalue weighted by atomic mass is 9.97. The Morgan fingerprint density at radius 3 is 2.50 bits per heavy atom. The molecule has 0 atom stereocenters. The fourth-order valence-electron chi connectivity index (χ4n) is 8.55. The van der Waals surface area contributed by atoms with Crippen molar-refractivity contribution in [3.05, 3.63) is 123 Å². The molecule has 0 fully saturated rings. The fourth-order valence-corrected chi connectivity index (χ4v) is 11.0. The number of fused-ring (bicyclic) bond motifs is 3. The average molecular weight is 992 g/mol. The van der Waals surface area contributed by atoms with Gasteiger partial charge in [-0.15, -0.1) is 11.8 Å². The zero-order valence-electron chi connectivity index (χ0n) is 36.3. The van der Waals surface area contributed by atoms with Crippen molar-refractivity contribution in [3.63, 3.8) is 0 Å². The Morgan fingerprint density at radius 1 is 1.00 bits per heavy atom. The SMILES string of the molecule is CCOC(=O)c1c(CCCOc2cc(SCc3ccc(OC)cc3)cc3cc(F)ccc23)c2ccc(Cl)c(-c3c(CN(Cc4cc(CBr)n(C)n4)S(C)(=O)=O)nn4c3CCC4)c2n1C. The van der Waals surface area contributed by atoms with Gasteiger partial charge in [-0.05, 0) is 104 Å². The lowest BCUT2D eigenvalue weighted by molar-refractivity contribution is 0.0514. The third-order valence-corrected chi connectivity index (χ3v) is 14.7. The van der Waals surface area contributed by atoms with Crippen LogP contribution in [0.5, 0.6) is 11.5 Å². The predicted molar refractivity (Wildman–Crippen MR) is 254 cm³/mol. The quantitative estimate of drug-likeness (QED) is 0.0358. The summed E-state index contributed by atoms with van der Waals surface area (Å²) in [4.78, 5) is 14.8. The van der Waals surface area contributed by atoms with Crippen LogP contribution in [0, 0.1) is 5.82 Å². The monoisotopic (exact) mass is 990 g/mol. The minimum atomic E-state index is -3.72. The third-order valence-electron chi connectivity index (χ3n) is 11.6. The van der Waals surface area contributed by atoms with Crippen molar-refractivity contribution in [1.82, 2.24) is 28.4 Å². The molecule has 0 bridgehead atoms. The van der Waals surface area contributed by atoms with E-state index in [2.05, 4.69) is 21.0 Å². The molecule has 8 rings (SSSR count). The highest BCUT2D eigenvalue weighted by Crippen LogP contribution is 2.44. The number of halogens is 3. The highest BCUT2D eigenvalue weighted by atomic mass is 79.9. The van der Waals surface area contributed by atoms with Gasteiger partial charge in [-0.3, -0.25) is 9.36 Å². The van der Waals surface area contributed by atoms with E-state index < -0.39 is 16.0 Å². The number of carbonyl (C=O) groups is 1. The van der Waals surface area contributed by atoms with Crippen LogP contribution in [-0.4, -0.2) is 69.4 Å². The highest BCUT2D eigenvalue weighted by Gasteiger charge is 2.32. The zero-order chi connectivity index (χ0) is 45.3. The van der Waals surface area contributed by atoms with E-state index in [0.29, 0.717) is 70.5 Å². The Morgan fingerprint density at radius 2 is 1.78 bits per heavy atom. The third kappa shape index (κ3) is 9.43. The molecule has 4 heterocycles. The van der Waals surface area contributed by atoms with E-state index in [1.807, 2.05) is 77.9 Å². The fraction of sp³-hybridized carbons (Fsp3) is 0.340. The maximum atomic E-state index is 14.5. The van der Waals surface area contributed by atoms with Crippen LogP contribution in [0.2, 0.25) is 5.02 Å². The largest absolute Gasteiger partial charge is 0.497 e. The molecule has 0 aliphatic carbocycles. The predicted octanol–water partition coefficient (Wildman–Crippen LogP) is 10.0. The van der Waals surface area contributed by atoms with E-state index in [1.54, 1.807) is 36.5 Å². The standard InChI is InChI=1S/C47H49BrClFN6O6S2/c1-6-61-47(57)46-37(9-8-20-62-42-24-35(22-30-21-31(50)13-16-36(30)42)63-28-29-11-14-34(60-4)15-12-29)38-17-18-39(49)43(45(38)53(46)2)44-40(52-56-19-7-10-41(44)56)27-55(64(5,58)59)26-32-23-33(25-48)54(3)51-32/h11-18,21-24H,6-10,19-20,25-28H2,1-5H3. The Balaban J connectivity index is 1.12. The zero-order valence-corrected chi connectivity index (χ0v) is 40.3. The van der Waals surface area contributed by atoms with Crippen molar-refractivity contribution in [2.45, 2.75) is 68.2 Å². The Kier molecular flexibility index (Phi) is 13.8. The molecule has 7 aromatic rings. The van der Waals surface area contributed by atoms with Crippen molar-refractivity contribution in [1.29, 1.82) is 0 Å². The van der Waals surface area contributed by atoms with Gasteiger partial charge >= 0.3 is 5.97 Å². The van der Waals surface area contributed by atoms with Gasteiger partial charge in [0.05, 0.1) is 61.6 Å². The molecule has 0 radical (unpaired) electrons. The molecule has 4 aromatic carbocycles. The number of aryl methyl sites for hydroxylation is 4. The van der Waals surface area contributed by atoms with Gasteiger partial charge in [0.15, 0.2) is 0 Å². The molecule has 1 aliphatic rings. The average Bonchev–Trinajstić information content (AvgIpc) is 4.02. The number of hydrogen-bond acceptors (Lipinski definition) is 9. The molecule has 64 heavy (non-hydrogen) atoms. The summed E-state index contributed by atoms with van der Waals surface area (Å²) in [5.74, 6) is 1.35. The van der Waals surface area contributed by atoms with Gasteiger partial charge in [0.2, 0.25) is 10.0 Å². The summed E-state index contributed by atoms with van der Waals surface area (Å²) in [6, 6.07) is 22.2. The second-order valence-electron chi connectivity index (χ2n) is 15.8. The van der Waals surface area contributed by atoms with Gasteiger partial charge in [0.25, 0.3) is 0 Å². The van der Waals surface area contributed by atoms with Crippen LogP contribution in [0.3, 0.4) is 0 Å². The van der Waals surface area contributed by atoms with Crippen LogP contribution < -0.4 is 9.47 Å². The number of sulfonamides is 1. The van der Waals surface area contributed by atoms with Gasteiger partial charge in [-0.25, -0.2) is 17.6 Å². The summed E-state index contributed by atoms with van der Waals surface area (Å²) < 4.78 is 65.6. The van der Waals surface area contributed by atoms with Gasteiger partial charge in [-0.1, -0.05) is 45.7 Å². The van der Waals surface area contributed by atoms with Crippen LogP contribution in [0.25, 0.3) is 32.8 Å². The number of carbonyl (C=O) groups excluding carboxylic acids is 1. The molecule has 0 unspecified atom stereocenters. The number of aromatic nitrogens is 5. The summed E-state index contributed by atoms with van der Waals surface area (Å²) in [6.07, 6.45) is 3.80. The Labute approximate surface area is 389 Å². The van der Waals surface area contributed by atoms with E-state index in [9.17, 15) is 17.6 Å². The van der Waals surface area contributed by atoms with E-state index in [-0.39, 0.29) is 25.5 Å². The number of ether oxygens (including phenoxy) is 3. The number of hydrogen-bond donors (Lipinski definition) is 0. The van der Waals surface area contributed by atoms with E-state index in [0.717, 1.165) is 73.2 Å². The first kappa shape index (κ1) is 45.7. The van der Waals surface area contributed by atoms with Gasteiger partial charge in [0.1, 0.15) is 23.0 Å². The molecule has 1 aliphatic heterocycles. The molecule has 12 nitrogen and oxygen atoms in total. The van der Waals surface area contributed by atoms with E-state index in [1.165, 1.54) is 22.7 Å². The molecule has 17 heteroatoms. The van der Waals surface area contributed by atoms with Crippen molar-refractivity contribution in [2.75, 3.05) is 26.6 Å². The van der Waals surface area contributed by atoms with Crippen LogP contribution in [0.4, 0.5) is 4.39 Å². The maximum absolute atomic E-state index is 14.5. The lowest BCUT2D eigenvalue weighted by Gasteiger charge is -2.19. The minimum Gasteiger partial charge on any atom is -0.497 e. The Bertz CT molecular complexity index is 2990. The van der Waals surface area contributed by atoms with Gasteiger partial charge in [0, 0.05) is 69.9 Å². The molecular weight excluding hydrogens is 943 g/mol. The topological polar surface area (TPSA) is 123 Å². The van der Waals surface area contributed by atoms with E-state index in [4.69, 9.17) is 30.9 Å². The molecule has 0 amide bonds. The summed E-state index contributed by atoms with van der Waals surface area (Å²) in [5.41, 5.74) is 7.55. The minimum absolute atomic E-state index is 0.0109. The molecule has 0 saturated carbocycles. The molecular formula is C47H49BrClFN6O6S2. The van der Waals surface area contributed by atoms with Crippen molar-refractivity contribution in [3.8, 4) is 22.6 Å². The molecule has 0 saturated heterocycles. The van der Waals surface area contributed by atoms with Gasteiger partial charge < -0.3 is 18.8 Å². The number of alkyl halides is 1. The summed E-state index contributed by atoms with van der Waals surface area (Å²) in [7, 11) is 1.58. The summed E-state index contributed by atoms with van der Waals surface area (Å²) >= 11 is 12.3. The number of rotatable bonds is 18. The summed E-state index contributed by atoms with van der Waals surface area (Å²) in [5, 5.41) is 13.0. The second-order valence-corrected chi connectivity index (χ2v) is 19.8. The van der Waals surface area contributed by atoms with Crippen molar-refractivity contribution in [2.24, 2.45) is 14.1 Å². The second kappa shape index (κ2) is 19.3. The smallest absolute Gasteiger partial charge is 0.355 e. The lowest BCUT2D eigenvalue weighted by Crippen LogP contribution is -2.29. The first-order valence-electron chi connectivity index (χ1n) is 21.0. The van der Waals surface area contributed by atoms with Crippen LogP contribution in [0.1, 0.15) is 64.2 Å². The van der Waals surface area contributed by atoms with Crippen LogP contribution >= 0.6 is 39.3 Å². The normalized spacial score (nSPS) is 12.8. The first-order valence-corrected chi connectivity index (χ1v) is 25.3. The number of benzene rings is 4. The Hall–Kier alpha value is -4.87. The van der Waals surface area contributed by atoms with Crippen molar-refractivity contribution >= 4 is 77.0 Å². The molecule has 0 N–H and O–H groups in total. The number of nitrogens with zero attached hydrogens (tertiary/aromatic N) is 6. The first-order chi connectivity index (χ1) is 30.8. The molecule has 3 aromatic heterocycles. The molecule has 336 valence electrons. The number of thioether (sulfide) groups is 1. The van der Waals surface area contributed by atoms with Crippen molar-refractivity contribution < 1.29 is 31.8 Å². The van der Waals surface area contributed by atoms with Crippen LogP contribution in [0.15, 0.2) is 77.7 Å². The van der Waals surface area contributed by atoms with E-state index >= 15 is 0 Å². The maximum Gasteiger partial charge on any atom is 0.355 e. The molecule has 0 spiro atoms.